The van der Waals surface area contributed by atoms with Crippen LogP contribution in [0.15, 0.2) is 58.8 Å². The number of hydrogen-bond acceptors (Lipinski definition) is 6. The van der Waals surface area contributed by atoms with E-state index in [4.69, 9.17) is 4.74 Å². The minimum Gasteiger partial charge on any atom is -0.497 e. The molecule has 1 amide bonds. The lowest BCUT2D eigenvalue weighted by Crippen LogP contribution is -2.43. The highest BCUT2D eigenvalue weighted by Gasteiger charge is 2.33. The number of carbonyl (C=O) groups is 1. The Morgan fingerprint density at radius 1 is 1.19 bits per heavy atom. The third-order valence-corrected chi connectivity index (χ3v) is 8.24. The summed E-state index contributed by atoms with van der Waals surface area (Å²) in [5, 5.41) is 5.31. The highest BCUT2D eigenvalue weighted by molar-refractivity contribution is 7.89. The van der Waals surface area contributed by atoms with Crippen LogP contribution in [-0.2, 0) is 14.8 Å². The number of methoxy groups -OCH3 is 1. The van der Waals surface area contributed by atoms with Crippen LogP contribution in [0.3, 0.4) is 0 Å². The third kappa shape index (κ3) is 4.69. The zero-order valence-corrected chi connectivity index (χ0v) is 19.6. The van der Waals surface area contributed by atoms with Crippen molar-refractivity contribution in [2.75, 3.05) is 25.5 Å². The number of anilines is 1. The van der Waals surface area contributed by atoms with Crippen LogP contribution in [0.4, 0.5) is 5.13 Å². The maximum absolute atomic E-state index is 13.0. The Bertz CT molecular complexity index is 1210. The van der Waals surface area contributed by atoms with Crippen LogP contribution in [0.1, 0.15) is 18.4 Å². The lowest BCUT2D eigenvalue weighted by Gasteiger charge is -2.31. The van der Waals surface area contributed by atoms with Gasteiger partial charge in [-0.3, -0.25) is 4.79 Å². The van der Waals surface area contributed by atoms with Gasteiger partial charge in [0.15, 0.2) is 5.13 Å². The fourth-order valence-electron chi connectivity index (χ4n) is 3.79. The lowest BCUT2D eigenvalue weighted by molar-refractivity contribution is -0.120. The molecule has 1 fully saturated rings. The molecule has 2 aromatic carbocycles. The number of nitrogens with one attached hydrogen (secondary N) is 1. The van der Waals surface area contributed by atoms with Crippen molar-refractivity contribution < 1.29 is 17.9 Å². The Balaban J connectivity index is 1.44. The zero-order valence-electron chi connectivity index (χ0n) is 17.9. The van der Waals surface area contributed by atoms with E-state index in [2.05, 4.69) is 10.3 Å². The van der Waals surface area contributed by atoms with Crippen molar-refractivity contribution in [1.29, 1.82) is 0 Å². The number of thiazole rings is 1. The minimum absolute atomic E-state index is 0.149. The molecule has 4 rings (SSSR count). The number of carbonyl (C=O) groups excluding carboxylic acids is 1. The van der Waals surface area contributed by atoms with Crippen molar-refractivity contribution in [2.24, 2.45) is 5.92 Å². The van der Waals surface area contributed by atoms with Crippen LogP contribution in [-0.4, -0.2) is 43.8 Å². The predicted molar refractivity (Wildman–Crippen MR) is 125 cm³/mol. The molecular weight excluding hydrogens is 446 g/mol. The van der Waals surface area contributed by atoms with Crippen LogP contribution in [0, 0.1) is 12.8 Å². The average Bonchev–Trinajstić information content (AvgIpc) is 3.27. The van der Waals surface area contributed by atoms with E-state index in [1.807, 2.05) is 36.6 Å². The van der Waals surface area contributed by atoms with Gasteiger partial charge in [0, 0.05) is 24.0 Å². The molecule has 7 nitrogen and oxygen atoms in total. The first-order chi connectivity index (χ1) is 15.4. The quantitative estimate of drug-likeness (QED) is 0.583. The van der Waals surface area contributed by atoms with E-state index in [-0.39, 0.29) is 17.3 Å². The Morgan fingerprint density at radius 2 is 1.94 bits per heavy atom. The van der Waals surface area contributed by atoms with Gasteiger partial charge in [0.1, 0.15) is 5.75 Å². The van der Waals surface area contributed by atoms with Crippen LogP contribution < -0.4 is 10.1 Å². The molecule has 0 saturated carbocycles. The maximum atomic E-state index is 13.0. The highest BCUT2D eigenvalue weighted by Crippen LogP contribution is 2.29. The predicted octanol–water partition coefficient (Wildman–Crippen LogP) is 4.17. The van der Waals surface area contributed by atoms with E-state index in [1.54, 1.807) is 12.1 Å². The molecule has 0 bridgehead atoms. The minimum atomic E-state index is -3.68. The zero-order chi connectivity index (χ0) is 22.7. The molecule has 1 unspecified atom stereocenters. The lowest BCUT2D eigenvalue weighted by atomic mass is 9.99. The molecule has 3 aromatic rings. The number of piperidine rings is 1. The molecule has 1 aromatic heterocycles. The van der Waals surface area contributed by atoms with Gasteiger partial charge in [-0.1, -0.05) is 24.3 Å². The summed E-state index contributed by atoms with van der Waals surface area (Å²) in [6.07, 6.45) is 1.26. The van der Waals surface area contributed by atoms with Gasteiger partial charge < -0.3 is 10.1 Å². The van der Waals surface area contributed by atoms with Gasteiger partial charge in [-0.05, 0) is 49.6 Å². The molecule has 9 heteroatoms. The number of sulfonamides is 1. The molecular formula is C23H25N3O4S2. The van der Waals surface area contributed by atoms with Gasteiger partial charge in [-0.2, -0.15) is 4.31 Å². The Hall–Kier alpha value is -2.75. The van der Waals surface area contributed by atoms with Crippen molar-refractivity contribution >= 4 is 32.4 Å². The van der Waals surface area contributed by atoms with Crippen LogP contribution in [0.2, 0.25) is 0 Å². The fourth-order valence-corrected chi connectivity index (χ4v) is 6.03. The normalized spacial score (nSPS) is 17.1. The van der Waals surface area contributed by atoms with Gasteiger partial charge in [0.2, 0.25) is 15.9 Å². The molecule has 2 heterocycles. The summed E-state index contributed by atoms with van der Waals surface area (Å²) in [7, 11) is -2.15. The van der Waals surface area contributed by atoms with E-state index in [0.717, 1.165) is 16.8 Å². The number of rotatable bonds is 6. The monoisotopic (exact) mass is 471 g/mol. The molecule has 0 aliphatic carbocycles. The molecule has 0 spiro atoms. The summed E-state index contributed by atoms with van der Waals surface area (Å²) in [6.45, 7) is 2.57. The van der Waals surface area contributed by atoms with Gasteiger partial charge in [-0.15, -0.1) is 11.3 Å². The first-order valence-electron chi connectivity index (χ1n) is 10.3. The SMILES string of the molecule is COc1ccc(S(=O)(=O)N2CCCC(C(=O)Nc3nc(-c4ccccc4C)cs3)C2)cc1. The average molecular weight is 472 g/mol. The molecule has 0 radical (unpaired) electrons. The fraction of sp³-hybridized carbons (Fsp3) is 0.304. The summed E-state index contributed by atoms with van der Waals surface area (Å²) in [6, 6.07) is 14.3. The van der Waals surface area contributed by atoms with Crippen LogP contribution >= 0.6 is 11.3 Å². The van der Waals surface area contributed by atoms with E-state index in [9.17, 15) is 13.2 Å². The molecule has 1 aliphatic rings. The van der Waals surface area contributed by atoms with Gasteiger partial charge in [0.05, 0.1) is 23.6 Å². The van der Waals surface area contributed by atoms with E-state index in [1.165, 1.54) is 34.9 Å². The number of aryl methyl sites for hydroxylation is 1. The second-order valence-corrected chi connectivity index (χ2v) is 10.5. The van der Waals surface area contributed by atoms with Crippen molar-refractivity contribution in [2.45, 2.75) is 24.7 Å². The Morgan fingerprint density at radius 3 is 2.66 bits per heavy atom. The van der Waals surface area contributed by atoms with E-state index in [0.29, 0.717) is 30.3 Å². The highest BCUT2D eigenvalue weighted by atomic mass is 32.2. The first kappa shape index (κ1) is 22.4. The number of ether oxygens (including phenoxy) is 1. The summed E-state index contributed by atoms with van der Waals surface area (Å²) < 4.78 is 32.6. The van der Waals surface area contributed by atoms with Crippen molar-refractivity contribution in [3.8, 4) is 17.0 Å². The number of benzene rings is 2. The number of nitrogens with zero attached hydrogens (tertiary/aromatic N) is 2. The van der Waals surface area contributed by atoms with Crippen molar-refractivity contribution in [3.05, 3.63) is 59.5 Å². The number of amides is 1. The smallest absolute Gasteiger partial charge is 0.243 e. The summed E-state index contributed by atoms with van der Waals surface area (Å²) in [5.74, 6) is -0.0405. The largest absolute Gasteiger partial charge is 0.497 e. The first-order valence-corrected chi connectivity index (χ1v) is 12.7. The number of hydrogen-bond donors (Lipinski definition) is 1. The second kappa shape index (κ2) is 9.40. The summed E-state index contributed by atoms with van der Waals surface area (Å²) in [5.41, 5.74) is 2.96. The van der Waals surface area contributed by atoms with Crippen molar-refractivity contribution in [3.63, 3.8) is 0 Å². The molecule has 1 N–H and O–H groups in total. The molecule has 1 atom stereocenters. The molecule has 32 heavy (non-hydrogen) atoms. The number of aromatic nitrogens is 1. The molecule has 168 valence electrons. The molecule has 1 saturated heterocycles. The summed E-state index contributed by atoms with van der Waals surface area (Å²) >= 11 is 1.37. The topological polar surface area (TPSA) is 88.6 Å². The maximum Gasteiger partial charge on any atom is 0.243 e. The van der Waals surface area contributed by atoms with Crippen LogP contribution in [0.25, 0.3) is 11.3 Å². The van der Waals surface area contributed by atoms with Gasteiger partial charge >= 0.3 is 0 Å². The van der Waals surface area contributed by atoms with Crippen molar-refractivity contribution in [1.82, 2.24) is 9.29 Å². The Labute approximate surface area is 192 Å². The Kier molecular flexibility index (Phi) is 6.59. The third-order valence-electron chi connectivity index (χ3n) is 5.61. The van der Waals surface area contributed by atoms with Gasteiger partial charge in [0.25, 0.3) is 0 Å². The second-order valence-electron chi connectivity index (χ2n) is 7.72. The van der Waals surface area contributed by atoms with Gasteiger partial charge in [-0.25, -0.2) is 13.4 Å². The standard InChI is InChI=1S/C23H25N3O4S2/c1-16-6-3-4-8-20(16)21-15-31-23(24-21)25-22(27)17-7-5-13-26(14-17)32(28,29)19-11-9-18(30-2)10-12-19/h3-4,6,8-12,15,17H,5,7,13-14H2,1-2H3,(H,24,25,27). The van der Waals surface area contributed by atoms with E-state index < -0.39 is 15.9 Å². The summed E-state index contributed by atoms with van der Waals surface area (Å²) in [4.78, 5) is 17.6. The molecule has 1 aliphatic heterocycles. The van der Waals surface area contributed by atoms with E-state index >= 15 is 0 Å². The van der Waals surface area contributed by atoms with Crippen LogP contribution in [0.5, 0.6) is 5.75 Å².